The molecule has 0 spiro atoms. The van der Waals surface area contributed by atoms with Crippen molar-refractivity contribution in [3.63, 3.8) is 0 Å². The second-order valence-electron chi connectivity index (χ2n) is 10.1. The van der Waals surface area contributed by atoms with Crippen LogP contribution < -0.4 is 15.0 Å². The van der Waals surface area contributed by atoms with Gasteiger partial charge in [-0.05, 0) is 36.6 Å². The highest BCUT2D eigenvalue weighted by atomic mass is 16.5. The van der Waals surface area contributed by atoms with Crippen LogP contribution in [0.2, 0.25) is 0 Å². The minimum atomic E-state index is 0.523. The van der Waals surface area contributed by atoms with Gasteiger partial charge in [0.2, 0.25) is 5.88 Å². The lowest BCUT2D eigenvalue weighted by Crippen LogP contribution is -2.68. The molecule has 3 aliphatic rings. The summed E-state index contributed by atoms with van der Waals surface area (Å²) in [6, 6.07) is 15.6. The fourth-order valence-electron chi connectivity index (χ4n) is 5.65. The molecule has 1 N–H and O–H groups in total. The van der Waals surface area contributed by atoms with Crippen molar-refractivity contribution in [2.24, 2.45) is 0 Å². The lowest BCUT2D eigenvalue weighted by molar-refractivity contribution is -0.00876. The first kappa shape index (κ1) is 24.2. The van der Waals surface area contributed by atoms with E-state index in [1.807, 2.05) is 36.8 Å². The lowest BCUT2D eigenvalue weighted by atomic mass is 9.87. The SMILES string of the molecule is CCCCNc1nn2cccc(-c3ccc(N4CC5CC(C4)N5Cc4ccc(OC)nc4)nc3)c2c1C#N. The van der Waals surface area contributed by atoms with Gasteiger partial charge < -0.3 is 15.0 Å². The van der Waals surface area contributed by atoms with Crippen LogP contribution in [0.25, 0.3) is 16.6 Å². The number of aromatic nitrogens is 4. The van der Waals surface area contributed by atoms with Gasteiger partial charge in [0.15, 0.2) is 5.82 Å². The van der Waals surface area contributed by atoms with Gasteiger partial charge in [-0.2, -0.15) is 5.26 Å². The molecule has 9 nitrogen and oxygen atoms in total. The Labute approximate surface area is 222 Å². The van der Waals surface area contributed by atoms with Crippen LogP contribution in [-0.2, 0) is 6.54 Å². The summed E-state index contributed by atoms with van der Waals surface area (Å²) in [5.74, 6) is 2.29. The summed E-state index contributed by atoms with van der Waals surface area (Å²) in [7, 11) is 1.64. The molecule has 2 unspecified atom stereocenters. The zero-order valence-corrected chi connectivity index (χ0v) is 21.8. The quantitative estimate of drug-likeness (QED) is 0.334. The van der Waals surface area contributed by atoms with Crippen LogP contribution in [0.4, 0.5) is 11.6 Å². The van der Waals surface area contributed by atoms with Gasteiger partial charge in [-0.15, -0.1) is 5.10 Å². The smallest absolute Gasteiger partial charge is 0.212 e. The molecule has 0 amide bonds. The number of pyridine rings is 3. The number of rotatable bonds is 9. The van der Waals surface area contributed by atoms with Crippen molar-refractivity contribution in [2.75, 3.05) is 37.0 Å². The number of methoxy groups -OCH3 is 1. The zero-order chi connectivity index (χ0) is 26.1. The van der Waals surface area contributed by atoms with Gasteiger partial charge in [-0.1, -0.05) is 25.5 Å². The molecule has 0 aliphatic carbocycles. The standard InChI is InChI=1S/C29H32N8O/c1-3-4-11-31-29-25(14-30)28-24(6-5-12-37(28)34-29)21-8-9-26(32-16-21)35-18-22-13-23(19-35)36(22)17-20-7-10-27(38-2)33-15-20/h5-10,12,15-16,22-23H,3-4,11,13,17-19H2,1-2H3,(H,31,34). The second kappa shape index (κ2) is 10.3. The molecule has 0 radical (unpaired) electrons. The molecule has 3 saturated heterocycles. The van der Waals surface area contributed by atoms with E-state index in [1.54, 1.807) is 11.6 Å². The number of ether oxygens (including phenoxy) is 1. The average molecular weight is 509 g/mol. The van der Waals surface area contributed by atoms with Crippen LogP contribution in [0.3, 0.4) is 0 Å². The minimum Gasteiger partial charge on any atom is -0.481 e. The Morgan fingerprint density at radius 2 is 1.97 bits per heavy atom. The molecule has 2 atom stereocenters. The van der Waals surface area contributed by atoms with E-state index < -0.39 is 0 Å². The van der Waals surface area contributed by atoms with Crippen molar-refractivity contribution in [1.29, 1.82) is 5.26 Å². The number of unbranched alkanes of at least 4 members (excludes halogenated alkanes) is 1. The topological polar surface area (TPSA) is 94.6 Å². The van der Waals surface area contributed by atoms with Crippen molar-refractivity contribution in [2.45, 2.75) is 44.8 Å². The number of nitriles is 1. The molecular formula is C29H32N8O. The summed E-state index contributed by atoms with van der Waals surface area (Å²) in [5.41, 5.74) is 4.54. The summed E-state index contributed by atoms with van der Waals surface area (Å²) >= 11 is 0. The Hall–Kier alpha value is -4.16. The first-order valence-electron chi connectivity index (χ1n) is 13.3. The Morgan fingerprint density at radius 3 is 2.66 bits per heavy atom. The molecule has 4 aromatic heterocycles. The van der Waals surface area contributed by atoms with Crippen molar-refractivity contribution in [1.82, 2.24) is 24.5 Å². The first-order valence-corrected chi connectivity index (χ1v) is 13.3. The van der Waals surface area contributed by atoms with Crippen LogP contribution in [0.1, 0.15) is 37.3 Å². The van der Waals surface area contributed by atoms with Gasteiger partial charge in [0.25, 0.3) is 0 Å². The molecule has 0 aromatic carbocycles. The third-order valence-corrected chi connectivity index (χ3v) is 7.69. The number of piperidine rings is 1. The van der Waals surface area contributed by atoms with E-state index in [2.05, 4.69) is 56.4 Å². The molecule has 7 heterocycles. The van der Waals surface area contributed by atoms with E-state index in [9.17, 15) is 5.26 Å². The summed E-state index contributed by atoms with van der Waals surface area (Å²) in [4.78, 5) is 14.2. The van der Waals surface area contributed by atoms with Crippen LogP contribution >= 0.6 is 0 Å². The molecule has 38 heavy (non-hydrogen) atoms. The van der Waals surface area contributed by atoms with Crippen molar-refractivity contribution in [3.05, 3.63) is 66.1 Å². The van der Waals surface area contributed by atoms with Gasteiger partial charge in [-0.25, -0.2) is 14.5 Å². The van der Waals surface area contributed by atoms with E-state index in [-0.39, 0.29) is 0 Å². The first-order chi connectivity index (χ1) is 18.7. The predicted octanol–water partition coefficient (Wildman–Crippen LogP) is 4.35. The van der Waals surface area contributed by atoms with Gasteiger partial charge in [0.05, 0.1) is 12.6 Å². The lowest BCUT2D eigenvalue weighted by Gasteiger charge is -2.56. The Bertz CT molecular complexity index is 1450. The maximum atomic E-state index is 9.94. The predicted molar refractivity (Wildman–Crippen MR) is 147 cm³/mol. The van der Waals surface area contributed by atoms with Crippen molar-refractivity contribution in [3.8, 4) is 23.1 Å². The number of piperazine rings is 1. The molecule has 3 fully saturated rings. The molecule has 3 aliphatic heterocycles. The summed E-state index contributed by atoms with van der Waals surface area (Å²) in [5, 5.41) is 17.9. The van der Waals surface area contributed by atoms with Gasteiger partial charge in [0, 0.05) is 74.0 Å². The molecule has 7 rings (SSSR count). The number of nitrogens with one attached hydrogen (secondary N) is 1. The Morgan fingerprint density at radius 1 is 1.11 bits per heavy atom. The van der Waals surface area contributed by atoms with E-state index in [1.165, 1.54) is 12.0 Å². The zero-order valence-electron chi connectivity index (χ0n) is 21.8. The molecule has 2 bridgehead atoms. The molecule has 4 aromatic rings. The van der Waals surface area contributed by atoms with Gasteiger partial charge in [0.1, 0.15) is 17.5 Å². The van der Waals surface area contributed by atoms with Crippen LogP contribution in [0.5, 0.6) is 5.88 Å². The third-order valence-electron chi connectivity index (χ3n) is 7.69. The van der Waals surface area contributed by atoms with E-state index in [4.69, 9.17) is 9.72 Å². The molecule has 9 heteroatoms. The van der Waals surface area contributed by atoms with E-state index in [0.29, 0.717) is 29.3 Å². The normalized spacial score (nSPS) is 18.7. The summed E-state index contributed by atoms with van der Waals surface area (Å²) in [6.45, 7) is 5.80. The third kappa shape index (κ3) is 4.41. The van der Waals surface area contributed by atoms with Crippen molar-refractivity contribution < 1.29 is 4.74 Å². The molecular weight excluding hydrogens is 476 g/mol. The largest absolute Gasteiger partial charge is 0.481 e. The fourth-order valence-corrected chi connectivity index (χ4v) is 5.65. The monoisotopic (exact) mass is 508 g/mol. The van der Waals surface area contributed by atoms with Gasteiger partial charge in [-0.3, -0.25) is 4.90 Å². The number of hydrogen-bond acceptors (Lipinski definition) is 8. The second-order valence-corrected chi connectivity index (χ2v) is 10.1. The van der Waals surface area contributed by atoms with Crippen LogP contribution in [-0.4, -0.2) is 63.3 Å². The van der Waals surface area contributed by atoms with E-state index in [0.717, 1.165) is 61.5 Å². The van der Waals surface area contributed by atoms with Crippen LogP contribution in [0, 0.1) is 11.3 Å². The Kier molecular flexibility index (Phi) is 6.56. The highest BCUT2D eigenvalue weighted by Crippen LogP contribution is 2.36. The van der Waals surface area contributed by atoms with Crippen LogP contribution in [0.15, 0.2) is 55.0 Å². The highest BCUT2D eigenvalue weighted by Gasteiger charge is 2.44. The minimum absolute atomic E-state index is 0.523. The number of nitrogens with zero attached hydrogens (tertiary/aromatic N) is 7. The maximum absolute atomic E-state index is 9.94. The van der Waals surface area contributed by atoms with E-state index >= 15 is 0 Å². The fraction of sp³-hybridized carbons (Fsp3) is 0.379. The molecule has 0 saturated carbocycles. The summed E-state index contributed by atoms with van der Waals surface area (Å²) < 4.78 is 6.97. The molecule has 194 valence electrons. The average Bonchev–Trinajstić information content (AvgIpc) is 3.34. The number of fused-ring (bicyclic) bond motifs is 3. The summed E-state index contributed by atoms with van der Waals surface area (Å²) in [6.07, 6.45) is 9.07. The Balaban J connectivity index is 1.17. The van der Waals surface area contributed by atoms with Crippen molar-refractivity contribution >= 4 is 17.2 Å². The number of hydrogen-bond donors (Lipinski definition) is 1. The van der Waals surface area contributed by atoms with Gasteiger partial charge >= 0.3 is 0 Å². The number of anilines is 2. The maximum Gasteiger partial charge on any atom is 0.212 e. The highest BCUT2D eigenvalue weighted by molar-refractivity contribution is 5.87.